The van der Waals surface area contributed by atoms with Crippen molar-refractivity contribution in [3.8, 4) is 11.3 Å². The molecule has 1 heterocycles. The standard InChI is InChI=1S/C19H19NO/c1-13(2)20-17-12-19(15-7-5-4-6-8-15)21-18-10-9-14(3)11-16(17)18/h4-13H,1-3H3. The van der Waals surface area contributed by atoms with E-state index >= 15 is 0 Å². The van der Waals surface area contributed by atoms with E-state index in [-0.39, 0.29) is 6.04 Å². The molecule has 0 aliphatic rings. The van der Waals surface area contributed by atoms with E-state index in [4.69, 9.17) is 9.41 Å². The maximum Gasteiger partial charge on any atom is 0.136 e. The molecule has 0 amide bonds. The second-order valence-electron chi connectivity index (χ2n) is 5.58. The van der Waals surface area contributed by atoms with Gasteiger partial charge in [0.2, 0.25) is 0 Å². The third-order valence-corrected chi connectivity index (χ3v) is 3.35. The Kier molecular flexibility index (Phi) is 3.61. The van der Waals surface area contributed by atoms with Crippen molar-refractivity contribution in [2.45, 2.75) is 26.8 Å². The highest BCUT2D eigenvalue weighted by Gasteiger charge is 2.06. The topological polar surface area (TPSA) is 25.5 Å². The van der Waals surface area contributed by atoms with Crippen LogP contribution in [0.5, 0.6) is 0 Å². The summed E-state index contributed by atoms with van der Waals surface area (Å²) in [6.45, 7) is 6.27. The lowest BCUT2D eigenvalue weighted by Crippen LogP contribution is -2.08. The van der Waals surface area contributed by atoms with Crippen LogP contribution in [0.4, 0.5) is 0 Å². The first-order valence-electron chi connectivity index (χ1n) is 7.27. The van der Waals surface area contributed by atoms with Crippen LogP contribution < -0.4 is 5.36 Å². The number of aryl methyl sites for hydroxylation is 1. The number of fused-ring (bicyclic) bond motifs is 1. The smallest absolute Gasteiger partial charge is 0.136 e. The van der Waals surface area contributed by atoms with Gasteiger partial charge in [0.15, 0.2) is 0 Å². The van der Waals surface area contributed by atoms with Crippen LogP contribution in [-0.2, 0) is 0 Å². The Bertz CT molecular complexity index is 829. The summed E-state index contributed by atoms with van der Waals surface area (Å²) in [4.78, 5) is 4.75. The summed E-state index contributed by atoms with van der Waals surface area (Å²) in [6, 6.07) is 18.7. The maximum absolute atomic E-state index is 6.07. The summed E-state index contributed by atoms with van der Waals surface area (Å²) in [5, 5.41) is 2.07. The molecule has 0 bridgehead atoms. The largest absolute Gasteiger partial charge is 0.456 e. The van der Waals surface area contributed by atoms with Crippen LogP contribution in [0.15, 0.2) is 64.0 Å². The quantitative estimate of drug-likeness (QED) is 0.665. The molecule has 0 atom stereocenters. The fraction of sp³-hybridized carbons (Fsp3) is 0.211. The van der Waals surface area contributed by atoms with Gasteiger partial charge in [-0.05, 0) is 32.9 Å². The molecule has 1 aromatic heterocycles. The van der Waals surface area contributed by atoms with Gasteiger partial charge in [0, 0.05) is 23.1 Å². The molecule has 3 aromatic rings. The molecular formula is C19H19NO. The zero-order chi connectivity index (χ0) is 14.8. The molecule has 0 aliphatic heterocycles. The molecule has 0 N–H and O–H groups in total. The average molecular weight is 277 g/mol. The number of hydrogen-bond acceptors (Lipinski definition) is 2. The van der Waals surface area contributed by atoms with Gasteiger partial charge < -0.3 is 4.42 Å². The third kappa shape index (κ3) is 2.89. The number of benzene rings is 2. The summed E-state index contributed by atoms with van der Waals surface area (Å²) in [6.07, 6.45) is 0. The van der Waals surface area contributed by atoms with E-state index in [2.05, 4.69) is 45.0 Å². The molecule has 0 fully saturated rings. The SMILES string of the molecule is Cc1ccc2oc(-c3ccccc3)cc(=NC(C)C)c2c1. The van der Waals surface area contributed by atoms with E-state index in [1.54, 1.807) is 0 Å². The molecule has 21 heavy (non-hydrogen) atoms. The van der Waals surface area contributed by atoms with Crippen LogP contribution >= 0.6 is 0 Å². The van der Waals surface area contributed by atoms with Crippen molar-refractivity contribution in [2.75, 3.05) is 0 Å². The van der Waals surface area contributed by atoms with E-state index in [1.807, 2.05) is 30.3 Å². The minimum atomic E-state index is 0.250. The van der Waals surface area contributed by atoms with Crippen LogP contribution in [0.1, 0.15) is 19.4 Å². The van der Waals surface area contributed by atoms with Gasteiger partial charge in [-0.2, -0.15) is 0 Å². The van der Waals surface area contributed by atoms with E-state index in [1.165, 1.54) is 5.56 Å². The van der Waals surface area contributed by atoms with Crippen molar-refractivity contribution >= 4 is 11.0 Å². The summed E-state index contributed by atoms with van der Waals surface area (Å²) in [7, 11) is 0. The predicted octanol–water partition coefficient (Wildman–Crippen LogP) is 4.72. The monoisotopic (exact) mass is 277 g/mol. The van der Waals surface area contributed by atoms with Crippen molar-refractivity contribution in [2.24, 2.45) is 4.99 Å². The highest BCUT2D eigenvalue weighted by molar-refractivity contribution is 5.79. The zero-order valence-electron chi connectivity index (χ0n) is 12.6. The van der Waals surface area contributed by atoms with Crippen LogP contribution in [0.3, 0.4) is 0 Å². The molecule has 0 aliphatic carbocycles. The van der Waals surface area contributed by atoms with Crippen LogP contribution in [0.25, 0.3) is 22.3 Å². The van der Waals surface area contributed by atoms with Crippen molar-refractivity contribution in [1.82, 2.24) is 0 Å². The van der Waals surface area contributed by atoms with Gasteiger partial charge in [-0.3, -0.25) is 4.99 Å². The summed E-state index contributed by atoms with van der Waals surface area (Å²) < 4.78 is 6.07. The molecule has 0 saturated carbocycles. The lowest BCUT2D eigenvalue weighted by atomic mass is 10.1. The summed E-state index contributed by atoms with van der Waals surface area (Å²) in [5.74, 6) is 0.853. The summed E-state index contributed by atoms with van der Waals surface area (Å²) in [5.41, 5.74) is 3.16. The Morgan fingerprint density at radius 1 is 0.952 bits per heavy atom. The van der Waals surface area contributed by atoms with Crippen LogP contribution in [0.2, 0.25) is 0 Å². The fourth-order valence-corrected chi connectivity index (χ4v) is 2.41. The second kappa shape index (κ2) is 5.57. The van der Waals surface area contributed by atoms with Gasteiger partial charge >= 0.3 is 0 Å². The van der Waals surface area contributed by atoms with E-state index in [0.29, 0.717) is 0 Å². The van der Waals surface area contributed by atoms with E-state index in [0.717, 1.165) is 27.7 Å². The van der Waals surface area contributed by atoms with Crippen LogP contribution in [0, 0.1) is 6.92 Å². The van der Waals surface area contributed by atoms with Crippen molar-refractivity contribution in [3.63, 3.8) is 0 Å². The normalized spacial score (nSPS) is 12.3. The lowest BCUT2D eigenvalue weighted by molar-refractivity contribution is 0.617. The zero-order valence-corrected chi connectivity index (χ0v) is 12.6. The Morgan fingerprint density at radius 3 is 2.43 bits per heavy atom. The highest BCUT2D eigenvalue weighted by atomic mass is 16.3. The first kappa shape index (κ1) is 13.6. The van der Waals surface area contributed by atoms with Crippen molar-refractivity contribution < 1.29 is 4.42 Å². The number of nitrogens with zero attached hydrogens (tertiary/aromatic N) is 1. The van der Waals surface area contributed by atoms with Crippen LogP contribution in [-0.4, -0.2) is 6.04 Å². The molecule has 0 radical (unpaired) electrons. The van der Waals surface area contributed by atoms with Crippen molar-refractivity contribution in [1.29, 1.82) is 0 Å². The van der Waals surface area contributed by atoms with Gasteiger partial charge in [-0.15, -0.1) is 0 Å². The lowest BCUT2D eigenvalue weighted by Gasteiger charge is -2.06. The van der Waals surface area contributed by atoms with E-state index < -0.39 is 0 Å². The maximum atomic E-state index is 6.07. The molecule has 0 spiro atoms. The predicted molar refractivity (Wildman–Crippen MR) is 87.1 cm³/mol. The second-order valence-corrected chi connectivity index (χ2v) is 5.58. The molecule has 0 unspecified atom stereocenters. The Hall–Kier alpha value is -2.35. The highest BCUT2D eigenvalue weighted by Crippen LogP contribution is 2.22. The van der Waals surface area contributed by atoms with Gasteiger partial charge in [0.25, 0.3) is 0 Å². The number of hydrogen-bond donors (Lipinski definition) is 0. The molecule has 106 valence electrons. The molecular weight excluding hydrogens is 258 g/mol. The number of rotatable bonds is 2. The minimum absolute atomic E-state index is 0.250. The van der Waals surface area contributed by atoms with Crippen molar-refractivity contribution in [3.05, 3.63) is 65.5 Å². The fourth-order valence-electron chi connectivity index (χ4n) is 2.41. The Labute approximate surface area is 124 Å². The first-order valence-corrected chi connectivity index (χ1v) is 7.27. The van der Waals surface area contributed by atoms with Gasteiger partial charge in [0.05, 0.1) is 5.36 Å². The van der Waals surface area contributed by atoms with Gasteiger partial charge in [-0.1, -0.05) is 42.0 Å². The van der Waals surface area contributed by atoms with Gasteiger partial charge in [0.1, 0.15) is 11.3 Å². The summed E-state index contributed by atoms with van der Waals surface area (Å²) >= 11 is 0. The first-order chi connectivity index (χ1) is 10.1. The Balaban J connectivity index is 2.33. The molecule has 0 saturated heterocycles. The van der Waals surface area contributed by atoms with E-state index in [9.17, 15) is 0 Å². The molecule has 2 aromatic carbocycles. The minimum Gasteiger partial charge on any atom is -0.456 e. The van der Waals surface area contributed by atoms with Gasteiger partial charge in [-0.25, -0.2) is 0 Å². The molecule has 2 heteroatoms. The average Bonchev–Trinajstić information content (AvgIpc) is 2.48. The molecule has 3 rings (SSSR count). The third-order valence-electron chi connectivity index (χ3n) is 3.35. The molecule has 2 nitrogen and oxygen atoms in total. The Morgan fingerprint density at radius 2 is 1.71 bits per heavy atom.